The van der Waals surface area contributed by atoms with Crippen LogP contribution in [-0.4, -0.2) is 28.1 Å². The zero-order chi connectivity index (χ0) is 25.9. The molecule has 178 valence electrons. The molecule has 0 saturated carbocycles. The molecule has 2 aromatic carbocycles. The zero-order valence-corrected chi connectivity index (χ0v) is 19.3. The number of hydrogen-bond acceptors (Lipinski definition) is 6. The number of pyridine rings is 2. The van der Waals surface area contributed by atoms with Gasteiger partial charge in [0.15, 0.2) is 0 Å². The molecule has 4 rings (SSSR count). The quantitative estimate of drug-likeness (QED) is 0.390. The minimum Gasteiger partial charge on any atom is -0.366 e. The topological polar surface area (TPSA) is 153 Å². The second-order valence-corrected chi connectivity index (χ2v) is 7.83. The lowest BCUT2D eigenvalue weighted by Crippen LogP contribution is -2.11. The van der Waals surface area contributed by atoms with Crippen LogP contribution in [0.1, 0.15) is 59.2 Å². The van der Waals surface area contributed by atoms with Gasteiger partial charge >= 0.3 is 0 Å². The van der Waals surface area contributed by atoms with Crippen molar-refractivity contribution in [3.05, 3.63) is 130 Å². The van der Waals surface area contributed by atoms with Crippen LogP contribution in [0.2, 0.25) is 0 Å². The van der Waals surface area contributed by atoms with E-state index in [9.17, 15) is 14.4 Å². The Morgan fingerprint density at radius 2 is 1.17 bits per heavy atom. The normalized spacial score (nSPS) is 9.86. The third-order valence-electron chi connectivity index (χ3n) is 5.19. The van der Waals surface area contributed by atoms with Gasteiger partial charge in [0, 0.05) is 42.2 Å². The van der Waals surface area contributed by atoms with Crippen molar-refractivity contribution in [3.63, 3.8) is 0 Å². The van der Waals surface area contributed by atoms with Crippen LogP contribution in [0.15, 0.2) is 85.2 Å². The molecule has 0 spiro atoms. The molecule has 0 atom stereocenters. The van der Waals surface area contributed by atoms with Crippen LogP contribution < -0.4 is 11.5 Å². The molecule has 8 nitrogen and oxygen atoms in total. The van der Waals surface area contributed by atoms with E-state index in [1.165, 1.54) is 12.4 Å². The Labute approximate surface area is 208 Å². The van der Waals surface area contributed by atoms with E-state index in [4.69, 9.17) is 16.7 Å². The Morgan fingerprint density at radius 3 is 1.50 bits per heavy atom. The first-order valence-electron chi connectivity index (χ1n) is 10.9. The maximum Gasteiger partial charge on any atom is 0.250 e. The number of aldehydes is 1. The number of carbonyl (C=O) groups is 3. The van der Waals surface area contributed by atoms with Crippen LogP contribution in [0, 0.1) is 11.3 Å². The summed E-state index contributed by atoms with van der Waals surface area (Å²) in [5, 5.41) is 8.69. The Hall–Kier alpha value is -5.16. The van der Waals surface area contributed by atoms with Gasteiger partial charge in [0.2, 0.25) is 11.8 Å². The van der Waals surface area contributed by atoms with Crippen molar-refractivity contribution in [3.8, 4) is 6.07 Å². The van der Waals surface area contributed by atoms with Crippen molar-refractivity contribution in [2.75, 3.05) is 0 Å². The summed E-state index contributed by atoms with van der Waals surface area (Å²) in [6, 6.07) is 23.6. The molecule has 0 aliphatic heterocycles. The third kappa shape index (κ3) is 7.43. The lowest BCUT2D eigenvalue weighted by molar-refractivity contribution is 0.0991. The average molecular weight is 478 g/mol. The molecule has 36 heavy (non-hydrogen) atoms. The van der Waals surface area contributed by atoms with Crippen LogP contribution >= 0.6 is 0 Å². The second-order valence-electron chi connectivity index (χ2n) is 7.83. The molecule has 2 amide bonds. The van der Waals surface area contributed by atoms with Crippen LogP contribution in [0.5, 0.6) is 0 Å². The molecule has 2 heterocycles. The van der Waals surface area contributed by atoms with Crippen LogP contribution in [0.3, 0.4) is 0 Å². The number of nitriles is 1. The van der Waals surface area contributed by atoms with E-state index in [0.717, 1.165) is 28.8 Å². The second kappa shape index (κ2) is 12.3. The van der Waals surface area contributed by atoms with Gasteiger partial charge in [0.05, 0.1) is 22.8 Å². The van der Waals surface area contributed by atoms with Gasteiger partial charge in [-0.3, -0.25) is 24.4 Å². The Kier molecular flexibility index (Phi) is 8.73. The first-order chi connectivity index (χ1) is 17.4. The number of benzene rings is 2. The summed E-state index contributed by atoms with van der Waals surface area (Å²) >= 11 is 0. The molecule has 0 aliphatic carbocycles. The number of amides is 2. The summed E-state index contributed by atoms with van der Waals surface area (Å²) in [6.45, 7) is 0. The molecule has 8 heteroatoms. The monoisotopic (exact) mass is 477 g/mol. The van der Waals surface area contributed by atoms with E-state index < -0.39 is 11.8 Å². The van der Waals surface area contributed by atoms with E-state index in [2.05, 4.69) is 16.0 Å². The highest BCUT2D eigenvalue weighted by molar-refractivity contribution is 5.92. The van der Waals surface area contributed by atoms with Crippen molar-refractivity contribution in [1.29, 1.82) is 5.26 Å². The van der Waals surface area contributed by atoms with Crippen LogP contribution in [0.25, 0.3) is 0 Å². The maximum absolute atomic E-state index is 10.9. The van der Waals surface area contributed by atoms with Crippen molar-refractivity contribution in [2.45, 2.75) is 12.8 Å². The van der Waals surface area contributed by atoms with Crippen molar-refractivity contribution in [2.24, 2.45) is 11.5 Å². The Balaban J connectivity index is 0.000000201. The lowest BCUT2D eigenvalue weighted by Gasteiger charge is -2.02. The minimum atomic E-state index is -0.482. The van der Waals surface area contributed by atoms with Crippen molar-refractivity contribution >= 4 is 18.1 Å². The number of carbonyl (C=O) groups excluding carboxylic acids is 3. The fourth-order valence-electron chi connectivity index (χ4n) is 3.18. The van der Waals surface area contributed by atoms with E-state index in [0.29, 0.717) is 35.1 Å². The number of aromatic nitrogens is 2. The van der Waals surface area contributed by atoms with Crippen molar-refractivity contribution < 1.29 is 14.4 Å². The molecular weight excluding hydrogens is 454 g/mol. The number of primary amides is 2. The summed E-state index contributed by atoms with van der Waals surface area (Å²) in [7, 11) is 0. The predicted molar refractivity (Wildman–Crippen MR) is 134 cm³/mol. The van der Waals surface area contributed by atoms with E-state index >= 15 is 0 Å². The largest absolute Gasteiger partial charge is 0.366 e. The number of rotatable bonds is 7. The standard InChI is InChI=1S/C14H11N3O.C14H12N2O2/c15-8-11-3-1-10(2-4-11)7-13-6-5-12(9-17-13)14(16)18;15-14(18)12-5-6-13(16-8-12)7-10-1-3-11(9-17)4-2-10/h1-6,9H,7H2,(H2,16,18);1-6,8-9H,7H2,(H2,15,18). The highest BCUT2D eigenvalue weighted by Gasteiger charge is 2.03. The number of hydrogen-bond donors (Lipinski definition) is 2. The van der Waals surface area contributed by atoms with E-state index in [1.807, 2.05) is 24.3 Å². The fourth-order valence-corrected chi connectivity index (χ4v) is 3.18. The zero-order valence-electron chi connectivity index (χ0n) is 19.3. The summed E-state index contributed by atoms with van der Waals surface area (Å²) in [5.74, 6) is -0.961. The van der Waals surface area contributed by atoms with E-state index in [1.54, 1.807) is 48.5 Å². The molecule has 0 saturated heterocycles. The smallest absolute Gasteiger partial charge is 0.250 e. The fraction of sp³-hybridized carbons (Fsp3) is 0.0714. The van der Waals surface area contributed by atoms with E-state index in [-0.39, 0.29) is 0 Å². The molecule has 0 unspecified atom stereocenters. The molecule has 0 bridgehead atoms. The van der Waals surface area contributed by atoms with Gasteiger partial charge in [-0.2, -0.15) is 5.26 Å². The molecular formula is C28H23N5O3. The highest BCUT2D eigenvalue weighted by Crippen LogP contribution is 2.10. The Morgan fingerprint density at radius 1 is 0.722 bits per heavy atom. The van der Waals surface area contributed by atoms with Crippen molar-refractivity contribution in [1.82, 2.24) is 9.97 Å². The number of nitrogens with zero attached hydrogens (tertiary/aromatic N) is 3. The Bertz CT molecular complexity index is 1370. The molecule has 2 aromatic heterocycles. The van der Waals surface area contributed by atoms with Gasteiger partial charge in [-0.15, -0.1) is 0 Å². The predicted octanol–water partition coefficient (Wildman–Crippen LogP) is 3.23. The third-order valence-corrected chi connectivity index (χ3v) is 5.19. The van der Waals surface area contributed by atoms with Gasteiger partial charge in [0.25, 0.3) is 0 Å². The van der Waals surface area contributed by atoms with Gasteiger partial charge < -0.3 is 11.5 Å². The highest BCUT2D eigenvalue weighted by atomic mass is 16.1. The summed E-state index contributed by atoms with van der Waals surface area (Å²) < 4.78 is 0. The summed E-state index contributed by atoms with van der Waals surface area (Å²) in [5.41, 5.74) is 16.2. The minimum absolute atomic E-state index is 0.398. The van der Waals surface area contributed by atoms with Gasteiger partial charge in [-0.25, -0.2) is 0 Å². The molecule has 4 aromatic rings. The SMILES string of the molecule is N#Cc1ccc(Cc2ccc(C(N)=O)cn2)cc1.NC(=O)c1ccc(Cc2ccc(C=O)cc2)nc1. The lowest BCUT2D eigenvalue weighted by atomic mass is 10.1. The summed E-state index contributed by atoms with van der Waals surface area (Å²) in [4.78, 5) is 40.6. The van der Waals surface area contributed by atoms with Crippen LogP contribution in [0.4, 0.5) is 0 Å². The molecule has 0 radical (unpaired) electrons. The molecule has 0 fully saturated rings. The molecule has 4 N–H and O–H groups in total. The molecule has 0 aliphatic rings. The van der Waals surface area contributed by atoms with Crippen LogP contribution in [-0.2, 0) is 12.8 Å². The number of nitrogens with two attached hydrogens (primary N) is 2. The van der Waals surface area contributed by atoms with Gasteiger partial charge in [-0.05, 0) is 47.5 Å². The summed E-state index contributed by atoms with van der Waals surface area (Å²) in [6.07, 6.45) is 5.06. The van der Waals surface area contributed by atoms with Gasteiger partial charge in [-0.1, -0.05) is 36.4 Å². The first-order valence-corrected chi connectivity index (χ1v) is 10.9. The van der Waals surface area contributed by atoms with Gasteiger partial charge in [0.1, 0.15) is 6.29 Å². The first kappa shape index (κ1) is 25.5. The average Bonchev–Trinajstić information content (AvgIpc) is 2.90. The maximum atomic E-state index is 10.9.